The number of nitrogens with one attached hydrogen (secondary N) is 2. The van der Waals surface area contributed by atoms with Gasteiger partial charge in [0.2, 0.25) is 15.9 Å². The normalized spacial score (nSPS) is 16.0. The lowest BCUT2D eigenvalue weighted by Crippen LogP contribution is -2.35. The Morgan fingerprint density at radius 3 is 2.42 bits per heavy atom. The lowest BCUT2D eigenvalue weighted by atomic mass is 10.2. The molecule has 0 aliphatic carbocycles. The zero-order chi connectivity index (χ0) is 17.4. The highest BCUT2D eigenvalue weighted by atomic mass is 32.2. The number of carbonyl (C=O) groups excluding carboxylic acids is 1. The summed E-state index contributed by atoms with van der Waals surface area (Å²) in [6, 6.07) is 6.80. The van der Waals surface area contributed by atoms with Gasteiger partial charge in [0.1, 0.15) is 0 Å². The van der Waals surface area contributed by atoms with Gasteiger partial charge in [0.05, 0.1) is 4.90 Å². The van der Waals surface area contributed by atoms with E-state index in [0.717, 1.165) is 37.8 Å². The van der Waals surface area contributed by atoms with Crippen LogP contribution in [0.4, 0.5) is 0 Å². The molecule has 1 aliphatic rings. The molecular formula is C17H27N3O3S. The molecule has 0 saturated carbocycles. The van der Waals surface area contributed by atoms with Crippen LogP contribution in [0.25, 0.3) is 0 Å². The van der Waals surface area contributed by atoms with Crippen LogP contribution in [0.1, 0.15) is 37.7 Å². The van der Waals surface area contributed by atoms with Gasteiger partial charge in [-0.25, -0.2) is 8.42 Å². The van der Waals surface area contributed by atoms with E-state index >= 15 is 0 Å². The zero-order valence-electron chi connectivity index (χ0n) is 14.3. The molecule has 1 amide bonds. The molecule has 1 heterocycles. The van der Waals surface area contributed by atoms with Crippen LogP contribution in [0.3, 0.4) is 0 Å². The van der Waals surface area contributed by atoms with Gasteiger partial charge in [-0.1, -0.05) is 18.6 Å². The van der Waals surface area contributed by atoms with E-state index in [9.17, 15) is 13.2 Å². The summed E-state index contributed by atoms with van der Waals surface area (Å²) in [6.07, 6.45) is 4.24. The molecule has 0 bridgehead atoms. The summed E-state index contributed by atoms with van der Waals surface area (Å²) in [5.74, 6) is 0.00950. The summed E-state index contributed by atoms with van der Waals surface area (Å²) in [7, 11) is -1.53. The third kappa shape index (κ3) is 5.29. The number of nitrogens with zero attached hydrogens (tertiary/aromatic N) is 1. The first-order chi connectivity index (χ1) is 11.5. The second kappa shape index (κ2) is 9.15. The maximum atomic E-state index is 12.6. The van der Waals surface area contributed by atoms with Crippen LogP contribution >= 0.6 is 0 Å². The topological polar surface area (TPSA) is 78.5 Å². The van der Waals surface area contributed by atoms with Gasteiger partial charge in [-0.15, -0.1) is 0 Å². The third-order valence-corrected chi connectivity index (χ3v) is 6.11. The molecular weight excluding hydrogens is 326 g/mol. The Kier molecular flexibility index (Phi) is 7.20. The highest BCUT2D eigenvalue weighted by molar-refractivity contribution is 7.89. The van der Waals surface area contributed by atoms with E-state index in [1.165, 1.54) is 0 Å². The number of benzene rings is 1. The van der Waals surface area contributed by atoms with Gasteiger partial charge in [-0.3, -0.25) is 4.79 Å². The maximum Gasteiger partial charge on any atom is 0.243 e. The van der Waals surface area contributed by atoms with Gasteiger partial charge in [-0.05, 0) is 50.6 Å². The molecule has 0 radical (unpaired) electrons. The first-order valence-corrected chi connectivity index (χ1v) is 9.98. The van der Waals surface area contributed by atoms with Crippen LogP contribution in [-0.2, 0) is 21.4 Å². The smallest absolute Gasteiger partial charge is 0.243 e. The molecule has 6 nitrogen and oxygen atoms in total. The summed E-state index contributed by atoms with van der Waals surface area (Å²) in [5.41, 5.74) is 0.898. The number of hydrogen-bond acceptors (Lipinski definition) is 4. The zero-order valence-corrected chi connectivity index (χ0v) is 15.1. The van der Waals surface area contributed by atoms with Gasteiger partial charge < -0.3 is 10.6 Å². The monoisotopic (exact) mass is 353 g/mol. The molecule has 1 saturated heterocycles. The predicted octanol–water partition coefficient (Wildman–Crippen LogP) is 1.48. The van der Waals surface area contributed by atoms with Crippen LogP contribution in [0.15, 0.2) is 29.2 Å². The van der Waals surface area contributed by atoms with Gasteiger partial charge in [0, 0.05) is 26.1 Å². The Balaban J connectivity index is 1.89. The van der Waals surface area contributed by atoms with Gasteiger partial charge >= 0.3 is 0 Å². The van der Waals surface area contributed by atoms with Crippen LogP contribution in [0.5, 0.6) is 0 Å². The molecule has 1 aromatic carbocycles. The summed E-state index contributed by atoms with van der Waals surface area (Å²) in [6.45, 7) is 2.44. The minimum absolute atomic E-state index is 0.00950. The number of rotatable bonds is 8. The molecule has 1 aromatic rings. The quantitative estimate of drug-likeness (QED) is 0.694. The molecule has 1 fully saturated rings. The highest BCUT2D eigenvalue weighted by Gasteiger charge is 2.25. The van der Waals surface area contributed by atoms with Crippen LogP contribution in [-0.4, -0.2) is 45.3 Å². The van der Waals surface area contributed by atoms with Crippen LogP contribution < -0.4 is 10.6 Å². The molecule has 0 atom stereocenters. The molecule has 0 aromatic heterocycles. The standard InChI is InChI=1S/C17H27N3O3S/c1-18-11-5-6-17(21)19-14-15-7-9-16(10-8-15)24(22,23)20-12-3-2-4-13-20/h7-10,18H,2-6,11-14H2,1H3,(H,19,21). The average Bonchev–Trinajstić information content (AvgIpc) is 2.61. The largest absolute Gasteiger partial charge is 0.352 e. The molecule has 24 heavy (non-hydrogen) atoms. The van der Waals surface area contributed by atoms with E-state index in [4.69, 9.17) is 0 Å². The van der Waals surface area contributed by atoms with E-state index in [1.54, 1.807) is 28.6 Å². The lowest BCUT2D eigenvalue weighted by molar-refractivity contribution is -0.121. The van der Waals surface area contributed by atoms with Crippen molar-refractivity contribution in [2.75, 3.05) is 26.7 Å². The first kappa shape index (κ1) is 18.9. The summed E-state index contributed by atoms with van der Waals surface area (Å²) in [4.78, 5) is 12.0. The van der Waals surface area contributed by atoms with Crippen molar-refractivity contribution in [3.05, 3.63) is 29.8 Å². The van der Waals surface area contributed by atoms with E-state index in [1.807, 2.05) is 7.05 Å². The molecule has 1 aliphatic heterocycles. The predicted molar refractivity (Wildman–Crippen MR) is 94.1 cm³/mol. The van der Waals surface area contributed by atoms with E-state index in [-0.39, 0.29) is 5.91 Å². The maximum absolute atomic E-state index is 12.6. The van der Waals surface area contributed by atoms with Crippen molar-refractivity contribution < 1.29 is 13.2 Å². The molecule has 2 rings (SSSR count). The second-order valence-electron chi connectivity index (χ2n) is 6.09. The Morgan fingerprint density at radius 1 is 1.12 bits per heavy atom. The summed E-state index contributed by atoms with van der Waals surface area (Å²) >= 11 is 0. The Labute approximate surface area is 144 Å². The van der Waals surface area contributed by atoms with Gasteiger partial charge in [0.25, 0.3) is 0 Å². The molecule has 134 valence electrons. The fourth-order valence-electron chi connectivity index (χ4n) is 2.75. The minimum Gasteiger partial charge on any atom is -0.352 e. The fraction of sp³-hybridized carbons (Fsp3) is 0.588. The number of piperidine rings is 1. The van der Waals surface area contributed by atoms with Gasteiger partial charge in [0.15, 0.2) is 0 Å². The average molecular weight is 353 g/mol. The van der Waals surface area contributed by atoms with E-state index in [0.29, 0.717) is 31.0 Å². The number of carbonyl (C=O) groups is 1. The number of amides is 1. The second-order valence-corrected chi connectivity index (χ2v) is 8.03. The molecule has 0 unspecified atom stereocenters. The highest BCUT2D eigenvalue weighted by Crippen LogP contribution is 2.20. The Bertz CT molecular complexity index is 623. The van der Waals surface area contributed by atoms with Crippen molar-refractivity contribution in [3.63, 3.8) is 0 Å². The van der Waals surface area contributed by atoms with Crippen molar-refractivity contribution >= 4 is 15.9 Å². The van der Waals surface area contributed by atoms with Crippen molar-refractivity contribution in [3.8, 4) is 0 Å². The van der Waals surface area contributed by atoms with Crippen LogP contribution in [0.2, 0.25) is 0 Å². The first-order valence-electron chi connectivity index (χ1n) is 8.54. The summed E-state index contributed by atoms with van der Waals surface area (Å²) < 4.78 is 26.7. The SMILES string of the molecule is CNCCCC(=O)NCc1ccc(S(=O)(=O)N2CCCCC2)cc1. The van der Waals surface area contributed by atoms with Gasteiger partial charge in [-0.2, -0.15) is 4.31 Å². The lowest BCUT2D eigenvalue weighted by Gasteiger charge is -2.25. The number of hydrogen-bond donors (Lipinski definition) is 2. The van der Waals surface area contributed by atoms with Crippen molar-refractivity contribution in [2.45, 2.75) is 43.5 Å². The Morgan fingerprint density at radius 2 is 1.79 bits per heavy atom. The van der Waals surface area contributed by atoms with Crippen molar-refractivity contribution in [2.24, 2.45) is 0 Å². The number of sulfonamides is 1. The van der Waals surface area contributed by atoms with Crippen LogP contribution in [0, 0.1) is 0 Å². The summed E-state index contributed by atoms with van der Waals surface area (Å²) in [5, 5.41) is 5.86. The molecule has 2 N–H and O–H groups in total. The minimum atomic E-state index is -3.39. The molecule has 7 heteroatoms. The van der Waals surface area contributed by atoms with Crippen molar-refractivity contribution in [1.29, 1.82) is 0 Å². The third-order valence-electron chi connectivity index (χ3n) is 4.20. The fourth-order valence-corrected chi connectivity index (χ4v) is 4.27. The van der Waals surface area contributed by atoms with E-state index < -0.39 is 10.0 Å². The van der Waals surface area contributed by atoms with Crippen molar-refractivity contribution in [1.82, 2.24) is 14.9 Å². The van der Waals surface area contributed by atoms with E-state index in [2.05, 4.69) is 10.6 Å². The Hall–Kier alpha value is -1.44. The molecule has 0 spiro atoms.